The number of carbonyl (C=O) groups is 1. The number of H-pyrrole nitrogens is 1. The first-order valence-corrected chi connectivity index (χ1v) is 6.20. The molecule has 0 unspecified atom stereocenters. The van der Waals surface area contributed by atoms with Crippen molar-refractivity contribution in [1.82, 2.24) is 14.5 Å². The van der Waals surface area contributed by atoms with Crippen LogP contribution in [0.15, 0.2) is 20.3 Å². The summed E-state index contributed by atoms with van der Waals surface area (Å²) in [5.41, 5.74) is -0.794. The van der Waals surface area contributed by atoms with Crippen LogP contribution in [-0.4, -0.2) is 27.6 Å². The number of hydrogen-bond acceptors (Lipinski definition) is 5. The van der Waals surface area contributed by atoms with Gasteiger partial charge in [0.15, 0.2) is 5.65 Å². The molecule has 2 rings (SSSR count). The summed E-state index contributed by atoms with van der Waals surface area (Å²) in [6.45, 7) is 2.10. The molecule has 19 heavy (non-hydrogen) atoms. The number of carbonyl (C=O) groups excluding carboxylic acids is 1. The molecule has 0 spiro atoms. The Hall–Kier alpha value is -1.96. The third-order valence-corrected chi connectivity index (χ3v) is 3.49. The van der Waals surface area contributed by atoms with E-state index in [4.69, 9.17) is 0 Å². The lowest BCUT2D eigenvalue weighted by Crippen LogP contribution is -2.31. The molecule has 0 radical (unpaired) electrons. The highest BCUT2D eigenvalue weighted by Crippen LogP contribution is 2.23. The minimum absolute atomic E-state index is 0.127. The summed E-state index contributed by atoms with van der Waals surface area (Å²) in [6, 6.07) is 0. The van der Waals surface area contributed by atoms with Crippen molar-refractivity contribution in [3.8, 4) is 0 Å². The number of aryl methyl sites for hydroxylation is 1. The summed E-state index contributed by atoms with van der Waals surface area (Å²) >= 11 is 3.19. The quantitative estimate of drug-likeness (QED) is 0.817. The van der Waals surface area contributed by atoms with Gasteiger partial charge in [-0.1, -0.05) is 0 Å². The zero-order valence-electron chi connectivity index (χ0n) is 10.2. The van der Waals surface area contributed by atoms with Crippen molar-refractivity contribution >= 4 is 32.9 Å². The SMILES string of the molecule is CCn1c(=O)[nH]c(=O)c2c(Br)c(C(=O)OC)cnc21. The molecule has 100 valence electrons. The van der Waals surface area contributed by atoms with E-state index in [2.05, 4.69) is 30.6 Å². The highest BCUT2D eigenvalue weighted by Gasteiger charge is 2.18. The van der Waals surface area contributed by atoms with Crippen LogP contribution in [0.2, 0.25) is 0 Å². The van der Waals surface area contributed by atoms with Crippen molar-refractivity contribution in [2.24, 2.45) is 0 Å². The summed E-state index contributed by atoms with van der Waals surface area (Å²) in [5, 5.41) is 0.143. The fourth-order valence-corrected chi connectivity index (χ4v) is 2.38. The zero-order chi connectivity index (χ0) is 14.2. The first kappa shape index (κ1) is 13.5. The van der Waals surface area contributed by atoms with Gasteiger partial charge in [-0.25, -0.2) is 14.6 Å². The third-order valence-electron chi connectivity index (χ3n) is 2.67. The molecule has 8 heteroatoms. The lowest BCUT2D eigenvalue weighted by atomic mass is 10.2. The lowest BCUT2D eigenvalue weighted by molar-refractivity contribution is 0.0599. The van der Waals surface area contributed by atoms with Crippen LogP contribution >= 0.6 is 15.9 Å². The van der Waals surface area contributed by atoms with E-state index in [1.165, 1.54) is 17.9 Å². The van der Waals surface area contributed by atoms with Gasteiger partial charge in [0.05, 0.1) is 22.5 Å². The van der Waals surface area contributed by atoms with Gasteiger partial charge in [-0.05, 0) is 22.9 Å². The maximum absolute atomic E-state index is 11.9. The monoisotopic (exact) mass is 327 g/mol. The van der Waals surface area contributed by atoms with Gasteiger partial charge in [0.2, 0.25) is 0 Å². The number of ether oxygens (including phenoxy) is 1. The van der Waals surface area contributed by atoms with Gasteiger partial charge in [-0.15, -0.1) is 0 Å². The van der Waals surface area contributed by atoms with Crippen LogP contribution in [0.3, 0.4) is 0 Å². The lowest BCUT2D eigenvalue weighted by Gasteiger charge is -2.09. The van der Waals surface area contributed by atoms with E-state index in [0.717, 1.165) is 0 Å². The van der Waals surface area contributed by atoms with Gasteiger partial charge in [0.25, 0.3) is 5.56 Å². The number of methoxy groups -OCH3 is 1. The van der Waals surface area contributed by atoms with Gasteiger partial charge < -0.3 is 4.74 Å². The van der Waals surface area contributed by atoms with Crippen molar-refractivity contribution < 1.29 is 9.53 Å². The fraction of sp³-hybridized carbons (Fsp3) is 0.273. The number of rotatable bonds is 2. The van der Waals surface area contributed by atoms with E-state index in [-0.39, 0.29) is 21.1 Å². The maximum atomic E-state index is 11.9. The highest BCUT2D eigenvalue weighted by molar-refractivity contribution is 9.10. The zero-order valence-corrected chi connectivity index (χ0v) is 11.8. The second-order valence-corrected chi connectivity index (χ2v) is 4.47. The van der Waals surface area contributed by atoms with Crippen LogP contribution in [0.25, 0.3) is 11.0 Å². The first-order valence-electron chi connectivity index (χ1n) is 5.40. The second-order valence-electron chi connectivity index (χ2n) is 3.68. The maximum Gasteiger partial charge on any atom is 0.340 e. The van der Waals surface area contributed by atoms with Crippen LogP contribution in [0.5, 0.6) is 0 Å². The van der Waals surface area contributed by atoms with Crippen LogP contribution in [0.4, 0.5) is 0 Å². The van der Waals surface area contributed by atoms with Crippen LogP contribution in [0.1, 0.15) is 17.3 Å². The molecule has 0 saturated carbocycles. The van der Waals surface area contributed by atoms with Gasteiger partial charge in [-0.2, -0.15) is 0 Å². The average molecular weight is 328 g/mol. The van der Waals surface area contributed by atoms with E-state index in [0.29, 0.717) is 6.54 Å². The number of pyridine rings is 1. The van der Waals surface area contributed by atoms with Gasteiger partial charge in [-0.3, -0.25) is 14.3 Å². The molecule has 0 aliphatic carbocycles. The van der Waals surface area contributed by atoms with Crippen LogP contribution < -0.4 is 11.2 Å². The Morgan fingerprint density at radius 3 is 2.79 bits per heavy atom. The smallest absolute Gasteiger partial charge is 0.340 e. The number of nitrogens with one attached hydrogen (secondary N) is 1. The average Bonchev–Trinajstić information content (AvgIpc) is 2.38. The highest BCUT2D eigenvalue weighted by atomic mass is 79.9. The van der Waals surface area contributed by atoms with E-state index in [9.17, 15) is 14.4 Å². The number of nitrogens with zero attached hydrogens (tertiary/aromatic N) is 2. The molecule has 0 aliphatic rings. The standard InChI is InChI=1S/C11H10BrN3O4/c1-3-15-8-6(9(16)14-11(15)18)7(12)5(4-13-8)10(17)19-2/h4H,3H2,1-2H3,(H,14,16,18). The van der Waals surface area contributed by atoms with Gasteiger partial charge in [0, 0.05) is 12.7 Å². The number of esters is 1. The Morgan fingerprint density at radius 1 is 1.53 bits per heavy atom. The Labute approximate surface area is 115 Å². The van der Waals surface area contributed by atoms with E-state index in [1.54, 1.807) is 6.92 Å². The molecule has 0 atom stereocenters. The van der Waals surface area contributed by atoms with Crippen molar-refractivity contribution in [3.63, 3.8) is 0 Å². The second kappa shape index (κ2) is 4.96. The molecule has 0 amide bonds. The largest absolute Gasteiger partial charge is 0.465 e. The Morgan fingerprint density at radius 2 is 2.21 bits per heavy atom. The molecule has 2 heterocycles. The number of hydrogen-bond donors (Lipinski definition) is 1. The molecule has 0 fully saturated rings. The molecule has 1 N–H and O–H groups in total. The molecule has 0 saturated heterocycles. The summed E-state index contributed by atoms with van der Waals surface area (Å²) in [7, 11) is 1.23. The third kappa shape index (κ3) is 2.07. The predicted octanol–water partition coefficient (Wildman–Crippen LogP) is 0.654. The Balaban J connectivity index is 2.96. The molecule has 0 bridgehead atoms. The minimum Gasteiger partial charge on any atom is -0.465 e. The Bertz CT molecular complexity index is 778. The normalized spacial score (nSPS) is 10.7. The molecular weight excluding hydrogens is 318 g/mol. The van der Waals surface area contributed by atoms with Crippen LogP contribution in [0, 0.1) is 0 Å². The number of fused-ring (bicyclic) bond motifs is 1. The molecule has 0 aromatic carbocycles. The molecule has 7 nitrogen and oxygen atoms in total. The summed E-state index contributed by atoms with van der Waals surface area (Å²) < 4.78 is 6.16. The summed E-state index contributed by atoms with van der Waals surface area (Å²) in [5.74, 6) is -0.616. The molecule has 0 aliphatic heterocycles. The molecular formula is C11H10BrN3O4. The Kier molecular flexibility index (Phi) is 3.52. The van der Waals surface area contributed by atoms with Crippen molar-refractivity contribution in [2.45, 2.75) is 13.5 Å². The fourth-order valence-electron chi connectivity index (χ4n) is 1.75. The number of aromatic amines is 1. The first-order chi connectivity index (χ1) is 9.01. The minimum atomic E-state index is -0.616. The summed E-state index contributed by atoms with van der Waals surface area (Å²) in [6.07, 6.45) is 1.27. The van der Waals surface area contributed by atoms with Crippen molar-refractivity contribution in [3.05, 3.63) is 37.1 Å². The van der Waals surface area contributed by atoms with Crippen LogP contribution in [-0.2, 0) is 11.3 Å². The van der Waals surface area contributed by atoms with E-state index >= 15 is 0 Å². The van der Waals surface area contributed by atoms with Crippen molar-refractivity contribution in [1.29, 1.82) is 0 Å². The molecule has 2 aromatic heterocycles. The van der Waals surface area contributed by atoms with E-state index in [1.807, 2.05) is 0 Å². The van der Waals surface area contributed by atoms with E-state index < -0.39 is 17.2 Å². The summed E-state index contributed by atoms with van der Waals surface area (Å²) in [4.78, 5) is 41.2. The van der Waals surface area contributed by atoms with Gasteiger partial charge in [0.1, 0.15) is 0 Å². The topological polar surface area (TPSA) is 94.1 Å². The number of aromatic nitrogens is 3. The van der Waals surface area contributed by atoms with Gasteiger partial charge >= 0.3 is 11.7 Å². The predicted molar refractivity (Wildman–Crippen MR) is 71.3 cm³/mol. The number of halogens is 1. The molecule has 2 aromatic rings. The van der Waals surface area contributed by atoms with Crippen molar-refractivity contribution in [2.75, 3.05) is 7.11 Å².